The lowest BCUT2D eigenvalue weighted by Gasteiger charge is -2.31. The molecule has 0 spiro atoms. The van der Waals surface area contributed by atoms with Gasteiger partial charge in [0, 0.05) is 13.1 Å². The maximum Gasteiger partial charge on any atom is 0.241 e. The molecule has 0 unspecified atom stereocenters. The number of nitrogens with two attached hydrogens (primary N) is 1. The fourth-order valence-corrected chi connectivity index (χ4v) is 2.29. The van der Waals surface area contributed by atoms with Gasteiger partial charge in [-0.2, -0.15) is 0 Å². The lowest BCUT2D eigenvalue weighted by Crippen LogP contribution is -2.49. The highest BCUT2D eigenvalue weighted by Crippen LogP contribution is 2.19. The van der Waals surface area contributed by atoms with Crippen LogP contribution in [0.4, 0.5) is 0 Å². The number of carbonyl (C=O) groups excluding carboxylic acids is 2. The van der Waals surface area contributed by atoms with E-state index in [0.717, 1.165) is 31.8 Å². The van der Waals surface area contributed by atoms with Gasteiger partial charge in [0.15, 0.2) is 0 Å². The maximum atomic E-state index is 12.0. The molecule has 1 atom stereocenters. The molecule has 118 valence electrons. The van der Waals surface area contributed by atoms with Crippen molar-refractivity contribution < 1.29 is 9.59 Å². The average Bonchev–Trinajstić information content (AvgIpc) is 2.43. The number of rotatable bonds is 5. The van der Waals surface area contributed by atoms with Gasteiger partial charge in [0.1, 0.15) is 0 Å². The Kier molecular flexibility index (Phi) is 8.81. The Morgan fingerprint density at radius 2 is 1.85 bits per heavy atom. The van der Waals surface area contributed by atoms with E-state index in [1.807, 2.05) is 18.7 Å². The van der Waals surface area contributed by atoms with Crippen molar-refractivity contribution in [1.29, 1.82) is 0 Å². The van der Waals surface area contributed by atoms with Gasteiger partial charge in [-0.3, -0.25) is 9.59 Å². The summed E-state index contributed by atoms with van der Waals surface area (Å²) in [6.45, 7) is 7.65. The van der Waals surface area contributed by atoms with Crippen molar-refractivity contribution in [1.82, 2.24) is 10.2 Å². The van der Waals surface area contributed by atoms with E-state index in [2.05, 4.69) is 12.2 Å². The van der Waals surface area contributed by atoms with E-state index in [1.54, 1.807) is 0 Å². The molecule has 1 aliphatic heterocycles. The van der Waals surface area contributed by atoms with Crippen LogP contribution in [0.3, 0.4) is 0 Å². The second kappa shape index (κ2) is 9.19. The molecule has 1 rings (SSSR count). The zero-order valence-electron chi connectivity index (χ0n) is 12.7. The Bertz CT molecular complexity index is 316. The molecule has 0 bridgehead atoms. The zero-order valence-corrected chi connectivity index (χ0v) is 13.5. The minimum absolute atomic E-state index is 0. The molecular weight excluding hydrogens is 278 g/mol. The third kappa shape index (κ3) is 5.67. The summed E-state index contributed by atoms with van der Waals surface area (Å²) in [6, 6.07) is -0.543. The van der Waals surface area contributed by atoms with E-state index in [9.17, 15) is 9.59 Å². The predicted molar refractivity (Wildman–Crippen MR) is 82.7 cm³/mol. The molecule has 0 aliphatic carbocycles. The van der Waals surface area contributed by atoms with Crippen LogP contribution in [0.15, 0.2) is 0 Å². The van der Waals surface area contributed by atoms with E-state index < -0.39 is 6.04 Å². The Balaban J connectivity index is 0.00000361. The van der Waals surface area contributed by atoms with Gasteiger partial charge in [-0.1, -0.05) is 27.2 Å². The van der Waals surface area contributed by atoms with Gasteiger partial charge >= 0.3 is 0 Å². The Morgan fingerprint density at radius 3 is 2.30 bits per heavy atom. The first-order chi connectivity index (χ1) is 8.95. The summed E-state index contributed by atoms with van der Waals surface area (Å²) < 4.78 is 0. The summed E-state index contributed by atoms with van der Waals surface area (Å²) >= 11 is 0. The van der Waals surface area contributed by atoms with E-state index in [0.29, 0.717) is 0 Å². The third-order valence-electron chi connectivity index (χ3n) is 3.98. The monoisotopic (exact) mass is 305 g/mol. The summed E-state index contributed by atoms with van der Waals surface area (Å²) in [7, 11) is 0. The number of nitrogens with one attached hydrogen (secondary N) is 1. The first-order valence-corrected chi connectivity index (χ1v) is 7.26. The first-order valence-electron chi connectivity index (χ1n) is 7.26. The molecule has 0 aromatic rings. The topological polar surface area (TPSA) is 75.4 Å². The highest BCUT2D eigenvalue weighted by atomic mass is 35.5. The summed E-state index contributed by atoms with van der Waals surface area (Å²) in [5, 5.41) is 2.63. The molecule has 0 aromatic carbocycles. The van der Waals surface area contributed by atoms with Gasteiger partial charge in [0.2, 0.25) is 11.8 Å². The Labute approximate surface area is 128 Å². The molecule has 1 heterocycles. The van der Waals surface area contributed by atoms with Crippen molar-refractivity contribution >= 4 is 24.2 Å². The van der Waals surface area contributed by atoms with Crippen LogP contribution < -0.4 is 11.1 Å². The molecule has 3 N–H and O–H groups in total. The Morgan fingerprint density at radius 1 is 1.30 bits per heavy atom. The van der Waals surface area contributed by atoms with E-state index in [1.165, 1.54) is 6.42 Å². The summed E-state index contributed by atoms with van der Waals surface area (Å²) in [6.07, 6.45) is 3.32. The minimum atomic E-state index is -0.543. The fraction of sp³-hybridized carbons (Fsp3) is 0.857. The highest BCUT2D eigenvalue weighted by molar-refractivity contribution is 5.87. The minimum Gasteiger partial charge on any atom is -0.346 e. The van der Waals surface area contributed by atoms with Crippen LogP contribution in [-0.2, 0) is 9.59 Å². The van der Waals surface area contributed by atoms with Gasteiger partial charge in [-0.05, 0) is 24.7 Å². The van der Waals surface area contributed by atoms with E-state index in [-0.39, 0.29) is 36.7 Å². The molecule has 20 heavy (non-hydrogen) atoms. The number of hydrogen-bond donors (Lipinski definition) is 2. The van der Waals surface area contributed by atoms with Crippen LogP contribution in [-0.4, -0.2) is 42.4 Å². The average molecular weight is 306 g/mol. The van der Waals surface area contributed by atoms with Gasteiger partial charge in [-0.25, -0.2) is 0 Å². The molecular formula is C14H28ClN3O2. The fourth-order valence-electron chi connectivity index (χ4n) is 2.29. The molecule has 5 nitrogen and oxygen atoms in total. The van der Waals surface area contributed by atoms with Crippen LogP contribution in [0.2, 0.25) is 0 Å². The van der Waals surface area contributed by atoms with Crippen molar-refractivity contribution in [3.63, 3.8) is 0 Å². The zero-order chi connectivity index (χ0) is 14.4. The van der Waals surface area contributed by atoms with Crippen LogP contribution >= 0.6 is 12.4 Å². The van der Waals surface area contributed by atoms with Crippen LogP contribution in [0.25, 0.3) is 0 Å². The molecule has 0 radical (unpaired) electrons. The molecule has 0 aromatic heterocycles. The smallest absolute Gasteiger partial charge is 0.241 e. The van der Waals surface area contributed by atoms with Crippen molar-refractivity contribution in [3.8, 4) is 0 Å². The number of amides is 2. The van der Waals surface area contributed by atoms with Crippen LogP contribution in [0, 0.1) is 11.8 Å². The normalized spacial score (nSPS) is 17.6. The highest BCUT2D eigenvalue weighted by Gasteiger charge is 2.23. The van der Waals surface area contributed by atoms with Crippen molar-refractivity contribution in [2.24, 2.45) is 17.6 Å². The first kappa shape index (κ1) is 19.2. The molecule has 6 heteroatoms. The van der Waals surface area contributed by atoms with Crippen LogP contribution in [0.5, 0.6) is 0 Å². The van der Waals surface area contributed by atoms with Gasteiger partial charge in [0.25, 0.3) is 0 Å². The number of hydrogen-bond acceptors (Lipinski definition) is 3. The van der Waals surface area contributed by atoms with Gasteiger partial charge < -0.3 is 16.0 Å². The molecule has 1 aliphatic rings. The van der Waals surface area contributed by atoms with E-state index in [4.69, 9.17) is 5.73 Å². The molecule has 0 saturated carbocycles. The number of carbonyl (C=O) groups is 2. The molecule has 1 saturated heterocycles. The third-order valence-corrected chi connectivity index (χ3v) is 3.98. The second-order valence-corrected chi connectivity index (χ2v) is 5.72. The standard InChI is InChI=1S/C14H27N3O2.ClH/c1-4-11-5-7-17(8-6-11)12(18)9-16-14(19)13(15)10(2)3;/h10-11,13H,4-9,15H2,1-3H3,(H,16,19);1H/t13-;/m0./s1. The maximum absolute atomic E-state index is 12.0. The second-order valence-electron chi connectivity index (χ2n) is 5.72. The molecule has 2 amide bonds. The number of nitrogens with zero attached hydrogens (tertiary/aromatic N) is 1. The number of halogens is 1. The number of piperidine rings is 1. The summed E-state index contributed by atoms with van der Waals surface area (Å²) in [5.74, 6) is 0.578. The van der Waals surface area contributed by atoms with Crippen molar-refractivity contribution in [3.05, 3.63) is 0 Å². The predicted octanol–water partition coefficient (Wildman–Crippen LogP) is 1.16. The van der Waals surface area contributed by atoms with Crippen LogP contribution in [0.1, 0.15) is 40.0 Å². The van der Waals surface area contributed by atoms with Crippen molar-refractivity contribution in [2.45, 2.75) is 46.1 Å². The lowest BCUT2D eigenvalue weighted by atomic mass is 9.94. The summed E-state index contributed by atoms with van der Waals surface area (Å²) in [5.41, 5.74) is 5.72. The van der Waals surface area contributed by atoms with Gasteiger partial charge in [-0.15, -0.1) is 12.4 Å². The quantitative estimate of drug-likeness (QED) is 0.800. The van der Waals surface area contributed by atoms with Crippen molar-refractivity contribution in [2.75, 3.05) is 19.6 Å². The SMILES string of the molecule is CCC1CCN(C(=O)CNC(=O)[C@@H](N)C(C)C)CC1.Cl. The largest absolute Gasteiger partial charge is 0.346 e. The van der Waals surface area contributed by atoms with Gasteiger partial charge in [0.05, 0.1) is 12.6 Å². The molecule has 1 fully saturated rings. The van der Waals surface area contributed by atoms with E-state index >= 15 is 0 Å². The number of likely N-dealkylation sites (tertiary alicyclic amines) is 1. The lowest BCUT2D eigenvalue weighted by molar-refractivity contribution is -0.134. The Hall–Kier alpha value is -0.810. The summed E-state index contributed by atoms with van der Waals surface area (Å²) in [4.78, 5) is 25.5.